The number of hydrogen-bond donors (Lipinski definition) is 0. The van der Waals surface area contributed by atoms with Crippen molar-refractivity contribution in [2.45, 2.75) is 6.92 Å². The van der Waals surface area contributed by atoms with Gasteiger partial charge >= 0.3 is 0 Å². The summed E-state index contributed by atoms with van der Waals surface area (Å²) in [6, 6.07) is 1.93. The Morgan fingerprint density at radius 2 is 2.45 bits per heavy atom. The first-order valence-corrected chi connectivity index (χ1v) is 4.03. The van der Waals surface area contributed by atoms with Gasteiger partial charge in [0.15, 0.2) is 0 Å². The molecular weight excluding hydrogens is 160 g/mol. The zero-order chi connectivity index (χ0) is 7.68. The number of hydrogen-bond acceptors (Lipinski definition) is 4. The quantitative estimate of drug-likeness (QED) is 0.635. The first-order chi connectivity index (χ1) is 5.38. The minimum absolute atomic E-state index is 0.813. The molecule has 2 aromatic rings. The van der Waals surface area contributed by atoms with Crippen molar-refractivity contribution in [1.82, 2.24) is 20.0 Å². The highest BCUT2D eigenvalue weighted by molar-refractivity contribution is 7.11. The van der Waals surface area contributed by atoms with Crippen LogP contribution in [0.25, 0.3) is 5.13 Å². The first kappa shape index (κ1) is 6.48. The highest BCUT2D eigenvalue weighted by atomic mass is 32.1. The minimum Gasteiger partial charge on any atom is -0.209 e. The van der Waals surface area contributed by atoms with Crippen molar-refractivity contribution >= 4 is 11.3 Å². The summed E-state index contributed by atoms with van der Waals surface area (Å²) >= 11 is 1.47. The van der Waals surface area contributed by atoms with E-state index in [0.717, 1.165) is 10.8 Å². The van der Waals surface area contributed by atoms with E-state index >= 15 is 0 Å². The Bertz CT molecular complexity index is 337. The molecule has 0 atom stereocenters. The average Bonchev–Trinajstić information content (AvgIpc) is 2.55. The molecule has 0 aromatic carbocycles. The van der Waals surface area contributed by atoms with Crippen LogP contribution in [0.15, 0.2) is 17.8 Å². The van der Waals surface area contributed by atoms with Crippen LogP contribution in [0, 0.1) is 6.92 Å². The summed E-state index contributed by atoms with van der Waals surface area (Å²) in [4.78, 5) is 0. The fourth-order valence-electron chi connectivity index (χ4n) is 0.829. The van der Waals surface area contributed by atoms with E-state index in [9.17, 15) is 0 Å². The van der Waals surface area contributed by atoms with E-state index in [2.05, 4.69) is 15.3 Å². The van der Waals surface area contributed by atoms with Crippen molar-refractivity contribution < 1.29 is 0 Å². The fourth-order valence-corrected chi connectivity index (χ4v) is 1.40. The van der Waals surface area contributed by atoms with Gasteiger partial charge in [0.2, 0.25) is 5.13 Å². The van der Waals surface area contributed by atoms with E-state index in [1.165, 1.54) is 11.3 Å². The molecule has 0 aliphatic heterocycles. The van der Waals surface area contributed by atoms with Crippen LogP contribution in [0.3, 0.4) is 0 Å². The van der Waals surface area contributed by atoms with Gasteiger partial charge in [0.05, 0.1) is 0 Å². The lowest BCUT2D eigenvalue weighted by Gasteiger charge is -1.94. The molecule has 0 amide bonds. The molecule has 0 aliphatic carbocycles. The number of rotatable bonds is 1. The van der Waals surface area contributed by atoms with Crippen LogP contribution in [-0.2, 0) is 0 Å². The van der Waals surface area contributed by atoms with Crippen LogP contribution in [0.2, 0.25) is 0 Å². The molecule has 0 fully saturated rings. The summed E-state index contributed by atoms with van der Waals surface area (Å²) in [5.74, 6) is 0. The monoisotopic (exact) mass is 166 g/mol. The summed E-state index contributed by atoms with van der Waals surface area (Å²) in [7, 11) is 0. The fraction of sp³-hybridized carbons (Fsp3) is 0.167. The Morgan fingerprint density at radius 1 is 1.55 bits per heavy atom. The second-order valence-corrected chi connectivity index (χ2v) is 2.92. The lowest BCUT2D eigenvalue weighted by Crippen LogP contribution is -1.97. The molecule has 0 saturated carbocycles. The molecule has 0 bridgehead atoms. The maximum Gasteiger partial charge on any atom is 0.232 e. The standard InChI is InChI=1S/C6H6N4S/c1-5-2-3-8-10(5)6-9-7-4-11-6/h2-4H,1H3. The van der Waals surface area contributed by atoms with E-state index in [-0.39, 0.29) is 0 Å². The van der Waals surface area contributed by atoms with Gasteiger partial charge in [-0.2, -0.15) is 5.10 Å². The second kappa shape index (κ2) is 2.43. The molecule has 2 rings (SSSR count). The Labute approximate surface area is 67.5 Å². The van der Waals surface area contributed by atoms with Crippen LogP contribution in [0.4, 0.5) is 0 Å². The van der Waals surface area contributed by atoms with Crippen molar-refractivity contribution in [3.05, 3.63) is 23.5 Å². The Balaban J connectivity index is 2.53. The predicted molar refractivity (Wildman–Crippen MR) is 41.8 cm³/mol. The van der Waals surface area contributed by atoms with Gasteiger partial charge in [-0.25, -0.2) is 4.68 Å². The van der Waals surface area contributed by atoms with Crippen molar-refractivity contribution in [3.63, 3.8) is 0 Å². The maximum absolute atomic E-state index is 4.08. The lowest BCUT2D eigenvalue weighted by atomic mass is 10.5. The van der Waals surface area contributed by atoms with Crippen LogP contribution in [0.1, 0.15) is 5.69 Å². The number of aryl methyl sites for hydroxylation is 1. The van der Waals surface area contributed by atoms with E-state index in [0.29, 0.717) is 0 Å². The average molecular weight is 166 g/mol. The molecule has 0 N–H and O–H groups in total. The highest BCUT2D eigenvalue weighted by Crippen LogP contribution is 2.09. The SMILES string of the molecule is Cc1ccnn1-c1nncs1. The van der Waals surface area contributed by atoms with E-state index in [4.69, 9.17) is 0 Å². The summed E-state index contributed by atoms with van der Waals surface area (Å²) < 4.78 is 1.76. The molecule has 4 nitrogen and oxygen atoms in total. The molecule has 5 heteroatoms. The predicted octanol–water partition coefficient (Wildman–Crippen LogP) is 1.03. The minimum atomic E-state index is 0.813. The van der Waals surface area contributed by atoms with E-state index in [1.54, 1.807) is 16.4 Å². The van der Waals surface area contributed by atoms with Crippen LogP contribution < -0.4 is 0 Å². The van der Waals surface area contributed by atoms with E-state index in [1.807, 2.05) is 13.0 Å². The van der Waals surface area contributed by atoms with Gasteiger partial charge in [-0.15, -0.1) is 10.2 Å². The molecule has 56 valence electrons. The molecule has 0 saturated heterocycles. The molecular formula is C6H6N4S. The molecule has 0 spiro atoms. The second-order valence-electron chi connectivity index (χ2n) is 2.11. The maximum atomic E-state index is 4.08. The summed E-state index contributed by atoms with van der Waals surface area (Å²) in [5.41, 5.74) is 2.76. The Hall–Kier alpha value is -1.23. The number of nitrogens with zero attached hydrogens (tertiary/aromatic N) is 4. The van der Waals surface area contributed by atoms with Crippen LogP contribution >= 0.6 is 11.3 Å². The summed E-state index contributed by atoms with van der Waals surface area (Å²) in [5, 5.41) is 12.5. The van der Waals surface area contributed by atoms with Gasteiger partial charge in [0.1, 0.15) is 5.51 Å². The van der Waals surface area contributed by atoms with Crippen LogP contribution in [0.5, 0.6) is 0 Å². The number of aromatic nitrogens is 4. The van der Waals surface area contributed by atoms with Crippen molar-refractivity contribution in [1.29, 1.82) is 0 Å². The van der Waals surface area contributed by atoms with Gasteiger partial charge in [-0.3, -0.25) is 0 Å². The zero-order valence-electron chi connectivity index (χ0n) is 5.93. The molecule has 0 aliphatic rings. The topological polar surface area (TPSA) is 43.6 Å². The first-order valence-electron chi connectivity index (χ1n) is 3.15. The van der Waals surface area contributed by atoms with Crippen molar-refractivity contribution in [2.75, 3.05) is 0 Å². The Morgan fingerprint density at radius 3 is 3.00 bits per heavy atom. The third-order valence-electron chi connectivity index (χ3n) is 1.36. The summed E-state index contributed by atoms with van der Waals surface area (Å²) in [6.45, 7) is 1.98. The van der Waals surface area contributed by atoms with Gasteiger partial charge in [-0.1, -0.05) is 11.3 Å². The molecule has 2 aromatic heterocycles. The van der Waals surface area contributed by atoms with Crippen molar-refractivity contribution in [2.24, 2.45) is 0 Å². The largest absolute Gasteiger partial charge is 0.232 e. The molecule has 0 radical (unpaired) electrons. The molecule has 11 heavy (non-hydrogen) atoms. The van der Waals surface area contributed by atoms with Gasteiger partial charge in [-0.05, 0) is 13.0 Å². The molecule has 0 unspecified atom stereocenters. The van der Waals surface area contributed by atoms with Gasteiger partial charge in [0, 0.05) is 11.9 Å². The lowest BCUT2D eigenvalue weighted by molar-refractivity contribution is 0.819. The smallest absolute Gasteiger partial charge is 0.209 e. The zero-order valence-corrected chi connectivity index (χ0v) is 6.75. The van der Waals surface area contributed by atoms with Gasteiger partial charge in [0.25, 0.3) is 0 Å². The summed E-state index contributed by atoms with van der Waals surface area (Å²) in [6.07, 6.45) is 1.75. The van der Waals surface area contributed by atoms with E-state index < -0.39 is 0 Å². The third kappa shape index (κ3) is 1.03. The third-order valence-corrected chi connectivity index (χ3v) is 2.03. The molecule has 2 heterocycles. The van der Waals surface area contributed by atoms with Gasteiger partial charge < -0.3 is 0 Å². The van der Waals surface area contributed by atoms with Crippen LogP contribution in [-0.4, -0.2) is 20.0 Å². The normalized spacial score (nSPS) is 10.3. The van der Waals surface area contributed by atoms with Crippen molar-refractivity contribution in [3.8, 4) is 5.13 Å². The highest BCUT2D eigenvalue weighted by Gasteiger charge is 2.01. The Kier molecular flexibility index (Phi) is 1.43.